The minimum atomic E-state index is 0.849. The van der Waals surface area contributed by atoms with Crippen LogP contribution in [0.5, 0.6) is 0 Å². The van der Waals surface area contributed by atoms with E-state index in [0.29, 0.717) is 0 Å². The van der Waals surface area contributed by atoms with Gasteiger partial charge in [-0.1, -0.05) is 63.1 Å². The summed E-state index contributed by atoms with van der Waals surface area (Å²) < 4.78 is 0. The van der Waals surface area contributed by atoms with Crippen molar-refractivity contribution in [2.24, 2.45) is 35.5 Å². The molecule has 2 aromatic rings. The SMILES string of the molecule is CCC1CC(CC)C2C3CC(C4c5cccc6cccc(c56)C34)C12. The monoisotopic (exact) mass is 316 g/mol. The van der Waals surface area contributed by atoms with Crippen molar-refractivity contribution in [1.82, 2.24) is 0 Å². The van der Waals surface area contributed by atoms with E-state index < -0.39 is 0 Å². The molecule has 0 spiro atoms. The Morgan fingerprint density at radius 1 is 0.750 bits per heavy atom. The maximum absolute atomic E-state index is 2.47. The zero-order chi connectivity index (χ0) is 16.0. The molecule has 0 saturated heterocycles. The molecule has 124 valence electrons. The van der Waals surface area contributed by atoms with Gasteiger partial charge in [-0.3, -0.25) is 0 Å². The molecule has 4 aliphatic rings. The second-order valence-corrected chi connectivity index (χ2v) is 9.13. The number of hydrogen-bond acceptors (Lipinski definition) is 0. The van der Waals surface area contributed by atoms with E-state index in [4.69, 9.17) is 0 Å². The van der Waals surface area contributed by atoms with E-state index in [1.807, 2.05) is 0 Å². The second-order valence-electron chi connectivity index (χ2n) is 9.13. The van der Waals surface area contributed by atoms with Crippen LogP contribution in [0.15, 0.2) is 36.4 Å². The van der Waals surface area contributed by atoms with Crippen molar-refractivity contribution < 1.29 is 0 Å². The molecule has 2 aromatic carbocycles. The number of fused-ring (bicyclic) bond motifs is 10. The summed E-state index contributed by atoms with van der Waals surface area (Å²) in [4.78, 5) is 0. The molecule has 3 saturated carbocycles. The lowest BCUT2D eigenvalue weighted by Crippen LogP contribution is -2.32. The first-order chi connectivity index (χ1) is 11.8. The van der Waals surface area contributed by atoms with Crippen molar-refractivity contribution in [3.63, 3.8) is 0 Å². The van der Waals surface area contributed by atoms with Crippen LogP contribution >= 0.6 is 0 Å². The smallest absolute Gasteiger partial charge is 0.00525 e. The van der Waals surface area contributed by atoms with Crippen molar-refractivity contribution in [1.29, 1.82) is 0 Å². The molecular weight excluding hydrogens is 288 g/mol. The van der Waals surface area contributed by atoms with E-state index in [0.717, 1.165) is 47.3 Å². The largest absolute Gasteiger partial charge is 0.0651 e. The maximum Gasteiger partial charge on any atom is -0.00525 e. The molecule has 4 aliphatic carbocycles. The first-order valence-electron chi connectivity index (χ1n) is 10.3. The number of hydrogen-bond donors (Lipinski definition) is 0. The molecule has 2 bridgehead atoms. The molecule has 0 aliphatic heterocycles. The maximum atomic E-state index is 2.47. The van der Waals surface area contributed by atoms with Crippen LogP contribution in [0.1, 0.15) is 62.5 Å². The van der Waals surface area contributed by atoms with Gasteiger partial charge in [-0.05, 0) is 82.1 Å². The molecule has 0 N–H and O–H groups in total. The summed E-state index contributed by atoms with van der Waals surface area (Å²) in [6.07, 6.45) is 5.88. The molecule has 0 heteroatoms. The highest BCUT2D eigenvalue weighted by Gasteiger charge is 2.65. The summed E-state index contributed by atoms with van der Waals surface area (Å²) in [7, 11) is 0. The highest BCUT2D eigenvalue weighted by atomic mass is 14.7. The van der Waals surface area contributed by atoms with Crippen LogP contribution < -0.4 is 0 Å². The van der Waals surface area contributed by atoms with Crippen LogP contribution in [0, 0.1) is 35.5 Å². The van der Waals surface area contributed by atoms with Gasteiger partial charge < -0.3 is 0 Å². The lowest BCUT2D eigenvalue weighted by molar-refractivity contribution is 0.149. The van der Waals surface area contributed by atoms with E-state index in [2.05, 4.69) is 50.2 Å². The van der Waals surface area contributed by atoms with Crippen LogP contribution in [0.4, 0.5) is 0 Å². The molecule has 0 heterocycles. The summed E-state index contributed by atoms with van der Waals surface area (Å²) in [6, 6.07) is 14.2. The van der Waals surface area contributed by atoms with Gasteiger partial charge in [-0.2, -0.15) is 0 Å². The Hall–Kier alpha value is -1.30. The molecule has 0 radical (unpaired) electrons. The third-order valence-electron chi connectivity index (χ3n) is 8.72. The molecule has 0 amide bonds. The average molecular weight is 316 g/mol. The zero-order valence-electron chi connectivity index (χ0n) is 14.9. The van der Waals surface area contributed by atoms with Crippen molar-refractivity contribution in [2.75, 3.05) is 0 Å². The lowest BCUT2D eigenvalue weighted by atomic mass is 9.65. The highest BCUT2D eigenvalue weighted by Crippen LogP contribution is 2.74. The minimum Gasteiger partial charge on any atom is -0.0651 e. The summed E-state index contributed by atoms with van der Waals surface area (Å²) in [5.74, 6) is 7.75. The molecule has 8 atom stereocenters. The second kappa shape index (κ2) is 4.65. The summed E-state index contributed by atoms with van der Waals surface area (Å²) in [6.45, 7) is 4.90. The van der Waals surface area contributed by atoms with E-state index in [-0.39, 0.29) is 0 Å². The zero-order valence-corrected chi connectivity index (χ0v) is 14.9. The van der Waals surface area contributed by atoms with Gasteiger partial charge >= 0.3 is 0 Å². The first kappa shape index (κ1) is 13.9. The Bertz CT molecular complexity index is 755. The lowest BCUT2D eigenvalue weighted by Gasteiger charge is -2.39. The van der Waals surface area contributed by atoms with Crippen molar-refractivity contribution in [3.8, 4) is 0 Å². The average Bonchev–Trinajstić information content (AvgIpc) is 3.33. The fourth-order valence-corrected chi connectivity index (χ4v) is 8.22. The Kier molecular flexibility index (Phi) is 2.70. The summed E-state index contributed by atoms with van der Waals surface area (Å²) >= 11 is 0. The highest BCUT2D eigenvalue weighted by molar-refractivity contribution is 5.92. The van der Waals surface area contributed by atoms with Gasteiger partial charge in [0.05, 0.1) is 0 Å². The van der Waals surface area contributed by atoms with Gasteiger partial charge in [0.1, 0.15) is 0 Å². The molecule has 3 fully saturated rings. The fraction of sp³-hybridized carbons (Fsp3) is 0.583. The number of benzene rings is 2. The Morgan fingerprint density at radius 2 is 1.29 bits per heavy atom. The van der Waals surface area contributed by atoms with E-state index in [1.54, 1.807) is 16.5 Å². The van der Waals surface area contributed by atoms with Gasteiger partial charge in [-0.25, -0.2) is 0 Å². The van der Waals surface area contributed by atoms with Gasteiger partial charge in [0, 0.05) is 0 Å². The third-order valence-corrected chi connectivity index (χ3v) is 8.72. The van der Waals surface area contributed by atoms with E-state index in [1.165, 1.54) is 31.1 Å². The van der Waals surface area contributed by atoms with E-state index >= 15 is 0 Å². The van der Waals surface area contributed by atoms with Gasteiger partial charge in [0.2, 0.25) is 0 Å². The molecule has 24 heavy (non-hydrogen) atoms. The van der Waals surface area contributed by atoms with Crippen molar-refractivity contribution >= 4 is 10.8 Å². The van der Waals surface area contributed by atoms with Gasteiger partial charge in [0.25, 0.3) is 0 Å². The van der Waals surface area contributed by atoms with Gasteiger partial charge in [0.15, 0.2) is 0 Å². The van der Waals surface area contributed by atoms with Crippen LogP contribution in [-0.4, -0.2) is 0 Å². The molecule has 0 nitrogen and oxygen atoms in total. The summed E-state index contributed by atoms with van der Waals surface area (Å²) in [5.41, 5.74) is 3.43. The van der Waals surface area contributed by atoms with Crippen molar-refractivity contribution in [2.45, 2.75) is 51.4 Å². The minimum absolute atomic E-state index is 0.849. The van der Waals surface area contributed by atoms with Crippen molar-refractivity contribution in [3.05, 3.63) is 47.5 Å². The third kappa shape index (κ3) is 1.44. The van der Waals surface area contributed by atoms with E-state index in [9.17, 15) is 0 Å². The fourth-order valence-electron chi connectivity index (χ4n) is 8.22. The first-order valence-corrected chi connectivity index (χ1v) is 10.3. The number of rotatable bonds is 2. The molecular formula is C24H28. The molecule has 8 unspecified atom stereocenters. The molecule has 0 aromatic heterocycles. The topological polar surface area (TPSA) is 0 Å². The predicted octanol–water partition coefficient (Wildman–Crippen LogP) is 6.36. The Labute approximate surface area is 145 Å². The quantitative estimate of drug-likeness (QED) is 0.605. The summed E-state index contributed by atoms with van der Waals surface area (Å²) in [5, 5.41) is 3.13. The predicted molar refractivity (Wildman–Crippen MR) is 100 cm³/mol. The van der Waals surface area contributed by atoms with Crippen LogP contribution in [0.3, 0.4) is 0 Å². The van der Waals surface area contributed by atoms with Gasteiger partial charge in [-0.15, -0.1) is 0 Å². The normalized spacial score (nSPS) is 44.2. The van der Waals surface area contributed by atoms with Crippen LogP contribution in [0.25, 0.3) is 10.8 Å². The van der Waals surface area contributed by atoms with Crippen LogP contribution in [-0.2, 0) is 0 Å². The Morgan fingerprint density at radius 3 is 1.79 bits per heavy atom. The Balaban J connectivity index is 1.53. The van der Waals surface area contributed by atoms with Crippen LogP contribution in [0.2, 0.25) is 0 Å². The molecule has 6 rings (SSSR count). The standard InChI is InChI=1S/C24H28/c1-3-13-11-14(4-2)22-19-12-18(21(13)22)23-16-9-5-7-15-8-6-10-17(20(15)16)24(19)23/h5-10,13-14,18-19,21-24H,3-4,11-12H2,1-2H3.